The highest BCUT2D eigenvalue weighted by Crippen LogP contribution is 2.33. The van der Waals surface area contributed by atoms with Crippen LogP contribution in [0.2, 0.25) is 0 Å². The minimum atomic E-state index is -4.56. The lowest BCUT2D eigenvalue weighted by Crippen LogP contribution is -2.41. The molecule has 1 saturated heterocycles. The molecule has 8 nitrogen and oxygen atoms in total. The quantitative estimate of drug-likeness (QED) is 0.486. The van der Waals surface area contributed by atoms with Crippen molar-refractivity contribution in [1.82, 2.24) is 34.5 Å². The van der Waals surface area contributed by atoms with E-state index in [0.717, 1.165) is 10.6 Å². The van der Waals surface area contributed by atoms with E-state index in [1.807, 2.05) is 24.3 Å². The van der Waals surface area contributed by atoms with Gasteiger partial charge in [-0.3, -0.25) is 4.79 Å². The lowest BCUT2D eigenvalue weighted by Gasteiger charge is -2.32. The van der Waals surface area contributed by atoms with Gasteiger partial charge in [0.1, 0.15) is 23.3 Å². The zero-order chi connectivity index (χ0) is 22.5. The summed E-state index contributed by atoms with van der Waals surface area (Å²) < 4.78 is 41.8. The number of amides is 1. The molecule has 0 spiro atoms. The van der Waals surface area contributed by atoms with Crippen molar-refractivity contribution in [2.24, 2.45) is 0 Å². The summed E-state index contributed by atoms with van der Waals surface area (Å²) in [7, 11) is 0. The van der Waals surface area contributed by atoms with Gasteiger partial charge in [0.05, 0.1) is 5.69 Å². The maximum atomic E-state index is 13.6. The number of fused-ring (bicyclic) bond motifs is 2. The normalized spacial score (nSPS) is 17.4. The molecule has 3 aromatic heterocycles. The second kappa shape index (κ2) is 7.57. The van der Waals surface area contributed by atoms with Crippen molar-refractivity contribution in [2.45, 2.75) is 38.4 Å². The van der Waals surface area contributed by atoms with Gasteiger partial charge in [0.2, 0.25) is 5.91 Å². The Morgan fingerprint density at radius 1 is 1.12 bits per heavy atom. The van der Waals surface area contributed by atoms with E-state index in [0.29, 0.717) is 48.4 Å². The fourth-order valence-corrected chi connectivity index (χ4v) is 4.16. The SMILES string of the molecule is Cc1cc2nc([C@H]3CCCN(C(=O)Cn4nc5ccccc5n4)C3)cc(C(F)(F)F)n2n1. The van der Waals surface area contributed by atoms with Crippen molar-refractivity contribution in [1.29, 1.82) is 0 Å². The number of nitrogens with zero attached hydrogens (tertiary/aromatic N) is 7. The van der Waals surface area contributed by atoms with E-state index in [1.54, 1.807) is 11.8 Å². The summed E-state index contributed by atoms with van der Waals surface area (Å²) in [6, 6.07) is 9.91. The van der Waals surface area contributed by atoms with E-state index in [2.05, 4.69) is 20.3 Å². The Labute approximate surface area is 180 Å². The molecule has 0 radical (unpaired) electrons. The van der Waals surface area contributed by atoms with Crippen molar-refractivity contribution >= 4 is 22.6 Å². The van der Waals surface area contributed by atoms with Crippen molar-refractivity contribution in [3.63, 3.8) is 0 Å². The molecule has 32 heavy (non-hydrogen) atoms. The molecule has 1 aliphatic heterocycles. The van der Waals surface area contributed by atoms with Crippen molar-refractivity contribution in [3.05, 3.63) is 53.5 Å². The van der Waals surface area contributed by atoms with E-state index < -0.39 is 11.9 Å². The van der Waals surface area contributed by atoms with Gasteiger partial charge in [0, 0.05) is 30.8 Å². The Kier molecular flexibility index (Phi) is 4.83. The molecule has 0 saturated carbocycles. The molecule has 4 aromatic rings. The number of carbonyl (C=O) groups is 1. The summed E-state index contributed by atoms with van der Waals surface area (Å²) in [6.07, 6.45) is -3.23. The topological polar surface area (TPSA) is 81.2 Å². The molecule has 4 heterocycles. The lowest BCUT2D eigenvalue weighted by molar-refractivity contribution is -0.143. The molecular weight excluding hydrogens is 423 g/mol. The Morgan fingerprint density at radius 3 is 2.53 bits per heavy atom. The van der Waals surface area contributed by atoms with Gasteiger partial charge >= 0.3 is 6.18 Å². The lowest BCUT2D eigenvalue weighted by atomic mass is 9.94. The van der Waals surface area contributed by atoms with E-state index >= 15 is 0 Å². The number of piperidine rings is 1. The monoisotopic (exact) mass is 443 g/mol. The first kappa shape index (κ1) is 20.4. The number of hydrogen-bond donors (Lipinski definition) is 0. The van der Waals surface area contributed by atoms with Gasteiger partial charge < -0.3 is 4.90 Å². The summed E-state index contributed by atoms with van der Waals surface area (Å²) >= 11 is 0. The van der Waals surface area contributed by atoms with Gasteiger partial charge in [0.15, 0.2) is 5.65 Å². The maximum Gasteiger partial charge on any atom is 0.433 e. The number of halogens is 3. The summed E-state index contributed by atoms with van der Waals surface area (Å²) in [5.41, 5.74) is 1.48. The first-order valence-electron chi connectivity index (χ1n) is 10.3. The van der Waals surface area contributed by atoms with Crippen molar-refractivity contribution < 1.29 is 18.0 Å². The molecule has 1 fully saturated rings. The molecule has 1 aliphatic rings. The summed E-state index contributed by atoms with van der Waals surface area (Å²) in [5.74, 6) is -0.467. The van der Waals surface area contributed by atoms with Crippen LogP contribution in [0, 0.1) is 6.92 Å². The van der Waals surface area contributed by atoms with Crippen LogP contribution >= 0.6 is 0 Å². The zero-order valence-corrected chi connectivity index (χ0v) is 17.2. The van der Waals surface area contributed by atoms with Crippen LogP contribution in [-0.4, -0.2) is 53.5 Å². The first-order chi connectivity index (χ1) is 15.3. The fourth-order valence-electron chi connectivity index (χ4n) is 4.16. The van der Waals surface area contributed by atoms with E-state index in [-0.39, 0.29) is 24.0 Å². The summed E-state index contributed by atoms with van der Waals surface area (Å²) in [5, 5.41) is 12.5. The van der Waals surface area contributed by atoms with E-state index in [4.69, 9.17) is 0 Å². The van der Waals surface area contributed by atoms with E-state index in [1.165, 1.54) is 10.9 Å². The first-order valence-corrected chi connectivity index (χ1v) is 10.3. The number of benzene rings is 1. The summed E-state index contributed by atoms with van der Waals surface area (Å²) in [4.78, 5) is 20.3. The predicted molar refractivity (Wildman–Crippen MR) is 109 cm³/mol. The number of aromatic nitrogens is 6. The smallest absolute Gasteiger partial charge is 0.340 e. The molecule has 0 unspecified atom stereocenters. The molecule has 1 atom stereocenters. The third kappa shape index (κ3) is 3.78. The van der Waals surface area contributed by atoms with Gasteiger partial charge in [-0.1, -0.05) is 12.1 Å². The molecule has 0 N–H and O–H groups in total. The molecular formula is C21H20F3N7O. The average Bonchev–Trinajstić information content (AvgIpc) is 3.33. The third-order valence-electron chi connectivity index (χ3n) is 5.66. The summed E-state index contributed by atoms with van der Waals surface area (Å²) in [6.45, 7) is 2.44. The Hall–Kier alpha value is -3.50. The highest BCUT2D eigenvalue weighted by molar-refractivity contribution is 5.77. The van der Waals surface area contributed by atoms with Crippen molar-refractivity contribution in [3.8, 4) is 0 Å². The zero-order valence-electron chi connectivity index (χ0n) is 17.2. The van der Waals surface area contributed by atoms with Gasteiger partial charge in [0.25, 0.3) is 0 Å². The van der Waals surface area contributed by atoms with Gasteiger partial charge in [-0.05, 0) is 38.0 Å². The number of likely N-dealkylation sites (tertiary alicyclic amines) is 1. The molecule has 166 valence electrons. The number of carbonyl (C=O) groups excluding carboxylic acids is 1. The second-order valence-corrected chi connectivity index (χ2v) is 8.02. The number of hydrogen-bond acceptors (Lipinski definition) is 5. The van der Waals surface area contributed by atoms with Crippen molar-refractivity contribution in [2.75, 3.05) is 13.1 Å². The third-order valence-corrected chi connectivity index (χ3v) is 5.66. The Balaban J connectivity index is 1.38. The minimum Gasteiger partial charge on any atom is -0.340 e. The van der Waals surface area contributed by atoms with Crippen LogP contribution in [0.4, 0.5) is 13.2 Å². The van der Waals surface area contributed by atoms with Crippen LogP contribution in [-0.2, 0) is 17.5 Å². The molecule has 0 aliphatic carbocycles. The van der Waals surface area contributed by atoms with Gasteiger partial charge in [-0.25, -0.2) is 9.50 Å². The molecule has 5 rings (SSSR count). The number of aryl methyl sites for hydroxylation is 1. The van der Waals surface area contributed by atoms with Crippen LogP contribution in [0.3, 0.4) is 0 Å². The number of alkyl halides is 3. The molecule has 1 amide bonds. The maximum absolute atomic E-state index is 13.6. The molecule has 11 heteroatoms. The predicted octanol–water partition coefficient (Wildman–Crippen LogP) is 3.21. The highest BCUT2D eigenvalue weighted by atomic mass is 19.4. The van der Waals surface area contributed by atoms with Crippen LogP contribution in [0.1, 0.15) is 35.8 Å². The molecule has 0 bridgehead atoms. The fraction of sp³-hybridized carbons (Fsp3) is 0.381. The second-order valence-electron chi connectivity index (χ2n) is 8.02. The molecule has 1 aromatic carbocycles. The van der Waals surface area contributed by atoms with E-state index in [9.17, 15) is 18.0 Å². The largest absolute Gasteiger partial charge is 0.433 e. The Morgan fingerprint density at radius 2 is 1.84 bits per heavy atom. The van der Waals surface area contributed by atoms with Crippen LogP contribution in [0.15, 0.2) is 36.4 Å². The Bertz CT molecular complexity index is 1280. The van der Waals surface area contributed by atoms with Crippen LogP contribution in [0.25, 0.3) is 16.7 Å². The van der Waals surface area contributed by atoms with Gasteiger partial charge in [-0.2, -0.15) is 33.3 Å². The number of rotatable bonds is 3. The standard InChI is InChI=1S/C21H20F3N7O/c1-13-9-19-25-17(10-18(21(22,23)24)31(19)26-13)14-5-4-8-29(11-14)20(32)12-30-27-15-6-2-3-7-16(15)28-30/h2-3,6-7,9-10,14H,4-5,8,11-12H2,1H3/t14-/m0/s1. The van der Waals surface area contributed by atoms with Crippen LogP contribution in [0.5, 0.6) is 0 Å². The van der Waals surface area contributed by atoms with Crippen LogP contribution < -0.4 is 0 Å². The minimum absolute atomic E-state index is 0.0243. The highest BCUT2D eigenvalue weighted by Gasteiger charge is 2.36. The average molecular weight is 443 g/mol. The van der Waals surface area contributed by atoms with Gasteiger partial charge in [-0.15, -0.1) is 0 Å².